The topological polar surface area (TPSA) is 67.1 Å². The molecule has 0 aliphatic heterocycles. The third-order valence-corrected chi connectivity index (χ3v) is 3.70. The number of amides is 2. The van der Waals surface area contributed by atoms with Gasteiger partial charge in [-0.3, -0.25) is 0 Å². The van der Waals surface area contributed by atoms with Crippen molar-refractivity contribution in [3.8, 4) is 0 Å². The van der Waals surface area contributed by atoms with Crippen LogP contribution < -0.4 is 16.4 Å². The predicted octanol–water partition coefficient (Wildman–Crippen LogP) is 1.36. The van der Waals surface area contributed by atoms with E-state index in [1.807, 2.05) is 0 Å². The summed E-state index contributed by atoms with van der Waals surface area (Å²) in [6.07, 6.45) is 8.49. The van der Waals surface area contributed by atoms with E-state index in [-0.39, 0.29) is 12.1 Å². The first kappa shape index (κ1) is 11.7. The van der Waals surface area contributed by atoms with Gasteiger partial charge in [0, 0.05) is 18.6 Å². The van der Waals surface area contributed by atoms with E-state index in [0.717, 1.165) is 12.8 Å². The molecular weight excluding hydrogens is 202 g/mol. The molecule has 0 spiro atoms. The molecule has 0 radical (unpaired) electrons. The Bertz CT molecular complexity index is 234. The van der Waals surface area contributed by atoms with Crippen molar-refractivity contribution in [3.63, 3.8) is 0 Å². The summed E-state index contributed by atoms with van der Waals surface area (Å²) in [4.78, 5) is 11.7. The number of hydrogen-bond donors (Lipinski definition) is 3. The maximum absolute atomic E-state index is 11.7. The van der Waals surface area contributed by atoms with Crippen molar-refractivity contribution in [1.82, 2.24) is 10.6 Å². The molecule has 2 amide bonds. The van der Waals surface area contributed by atoms with Crippen molar-refractivity contribution in [2.24, 2.45) is 11.7 Å². The molecule has 2 rings (SSSR count). The van der Waals surface area contributed by atoms with Crippen LogP contribution in [0.5, 0.6) is 0 Å². The molecule has 4 heteroatoms. The van der Waals surface area contributed by atoms with Crippen molar-refractivity contribution < 1.29 is 4.79 Å². The fourth-order valence-electron chi connectivity index (χ4n) is 2.51. The van der Waals surface area contributed by atoms with E-state index in [0.29, 0.717) is 18.5 Å². The molecule has 0 heterocycles. The van der Waals surface area contributed by atoms with E-state index in [1.54, 1.807) is 0 Å². The van der Waals surface area contributed by atoms with Crippen molar-refractivity contribution in [2.75, 3.05) is 6.54 Å². The molecule has 2 aliphatic rings. The van der Waals surface area contributed by atoms with Gasteiger partial charge in [0.15, 0.2) is 0 Å². The van der Waals surface area contributed by atoms with E-state index >= 15 is 0 Å². The van der Waals surface area contributed by atoms with Crippen LogP contribution in [0.3, 0.4) is 0 Å². The third kappa shape index (κ3) is 3.37. The number of carbonyl (C=O) groups is 1. The summed E-state index contributed by atoms with van der Waals surface area (Å²) in [6.45, 7) is 0.558. The summed E-state index contributed by atoms with van der Waals surface area (Å²) in [6, 6.07) is 0.546. The third-order valence-electron chi connectivity index (χ3n) is 3.70. The van der Waals surface area contributed by atoms with Gasteiger partial charge in [-0.1, -0.05) is 19.3 Å². The van der Waals surface area contributed by atoms with Crippen molar-refractivity contribution in [2.45, 2.75) is 57.0 Å². The first-order chi connectivity index (χ1) is 7.79. The van der Waals surface area contributed by atoms with Crippen LogP contribution >= 0.6 is 0 Å². The normalized spacial score (nSPS) is 23.8. The zero-order chi connectivity index (χ0) is 11.4. The minimum absolute atomic E-state index is 0.0192. The summed E-state index contributed by atoms with van der Waals surface area (Å²) in [5, 5.41) is 6.06. The second-order valence-electron chi connectivity index (χ2n) is 5.13. The number of nitrogens with two attached hydrogens (primary N) is 1. The Balaban J connectivity index is 1.69. The summed E-state index contributed by atoms with van der Waals surface area (Å²) in [7, 11) is 0. The van der Waals surface area contributed by atoms with Gasteiger partial charge in [0.2, 0.25) is 0 Å². The van der Waals surface area contributed by atoms with Gasteiger partial charge in [-0.15, -0.1) is 0 Å². The van der Waals surface area contributed by atoms with E-state index < -0.39 is 0 Å². The molecule has 0 aromatic carbocycles. The second kappa shape index (κ2) is 5.53. The maximum atomic E-state index is 11.7. The lowest BCUT2D eigenvalue weighted by molar-refractivity contribution is 0.227. The van der Waals surface area contributed by atoms with Crippen molar-refractivity contribution >= 4 is 6.03 Å². The molecule has 0 bridgehead atoms. The zero-order valence-electron chi connectivity index (χ0n) is 9.87. The quantitative estimate of drug-likeness (QED) is 0.676. The fourth-order valence-corrected chi connectivity index (χ4v) is 2.51. The Morgan fingerprint density at radius 3 is 2.44 bits per heavy atom. The van der Waals surface area contributed by atoms with E-state index in [2.05, 4.69) is 10.6 Å². The van der Waals surface area contributed by atoms with E-state index in [9.17, 15) is 4.79 Å². The van der Waals surface area contributed by atoms with Gasteiger partial charge in [-0.25, -0.2) is 4.79 Å². The molecule has 2 aliphatic carbocycles. The first-order valence-corrected chi connectivity index (χ1v) is 6.56. The van der Waals surface area contributed by atoms with Gasteiger partial charge in [0.1, 0.15) is 0 Å². The molecule has 2 fully saturated rings. The van der Waals surface area contributed by atoms with Crippen LogP contribution in [0.4, 0.5) is 4.79 Å². The number of nitrogens with one attached hydrogen (secondary N) is 2. The van der Waals surface area contributed by atoms with Crippen molar-refractivity contribution in [1.29, 1.82) is 0 Å². The lowest BCUT2D eigenvalue weighted by atomic mass is 9.96. The Morgan fingerprint density at radius 1 is 1.19 bits per heavy atom. The molecule has 0 aromatic heterocycles. The minimum Gasteiger partial charge on any atom is -0.335 e. The molecule has 0 aromatic rings. The van der Waals surface area contributed by atoms with Crippen LogP contribution in [0, 0.1) is 5.92 Å². The lowest BCUT2D eigenvalue weighted by Gasteiger charge is -2.24. The molecule has 1 atom stereocenters. The number of carbonyl (C=O) groups excluding carboxylic acids is 1. The monoisotopic (exact) mass is 225 g/mol. The SMILES string of the molecule is NCC(NC(=O)NC1CCCCC1)C1CC1. The van der Waals surface area contributed by atoms with Crippen LogP contribution in [0.15, 0.2) is 0 Å². The first-order valence-electron chi connectivity index (χ1n) is 6.56. The molecule has 16 heavy (non-hydrogen) atoms. The molecule has 92 valence electrons. The van der Waals surface area contributed by atoms with Crippen molar-refractivity contribution in [3.05, 3.63) is 0 Å². The molecule has 0 saturated heterocycles. The standard InChI is InChI=1S/C12H23N3O/c13-8-11(9-6-7-9)15-12(16)14-10-4-2-1-3-5-10/h9-11H,1-8,13H2,(H2,14,15,16). The van der Waals surface area contributed by atoms with Gasteiger partial charge in [-0.05, 0) is 31.6 Å². The average molecular weight is 225 g/mol. The summed E-state index contributed by atoms with van der Waals surface area (Å²) in [5.41, 5.74) is 5.65. The predicted molar refractivity (Wildman–Crippen MR) is 64.1 cm³/mol. The van der Waals surface area contributed by atoms with Gasteiger partial charge in [0.05, 0.1) is 0 Å². The highest BCUT2D eigenvalue weighted by Gasteiger charge is 2.31. The minimum atomic E-state index is -0.0192. The van der Waals surface area contributed by atoms with Crippen LogP contribution in [0.2, 0.25) is 0 Å². The Morgan fingerprint density at radius 2 is 1.88 bits per heavy atom. The van der Waals surface area contributed by atoms with Gasteiger partial charge in [0.25, 0.3) is 0 Å². The molecule has 1 unspecified atom stereocenters. The highest BCUT2D eigenvalue weighted by molar-refractivity contribution is 5.74. The second-order valence-corrected chi connectivity index (χ2v) is 5.13. The zero-order valence-corrected chi connectivity index (χ0v) is 9.87. The van der Waals surface area contributed by atoms with Gasteiger partial charge < -0.3 is 16.4 Å². The van der Waals surface area contributed by atoms with Gasteiger partial charge in [-0.2, -0.15) is 0 Å². The van der Waals surface area contributed by atoms with Gasteiger partial charge >= 0.3 is 6.03 Å². The molecule has 2 saturated carbocycles. The highest BCUT2D eigenvalue weighted by atomic mass is 16.2. The summed E-state index contributed by atoms with van der Waals surface area (Å²) in [5.74, 6) is 0.627. The Kier molecular flexibility index (Phi) is 4.04. The maximum Gasteiger partial charge on any atom is 0.315 e. The van der Waals surface area contributed by atoms with Crippen LogP contribution in [-0.2, 0) is 0 Å². The summed E-state index contributed by atoms with van der Waals surface area (Å²) >= 11 is 0. The molecule has 4 N–H and O–H groups in total. The average Bonchev–Trinajstić information content (AvgIpc) is 3.11. The Labute approximate surface area is 97.3 Å². The van der Waals surface area contributed by atoms with Crippen LogP contribution in [0.25, 0.3) is 0 Å². The smallest absolute Gasteiger partial charge is 0.315 e. The van der Waals surface area contributed by atoms with E-state index in [4.69, 9.17) is 5.73 Å². The number of rotatable bonds is 4. The van der Waals surface area contributed by atoms with Crippen LogP contribution in [-0.4, -0.2) is 24.7 Å². The van der Waals surface area contributed by atoms with E-state index in [1.165, 1.54) is 32.1 Å². The molecule has 4 nitrogen and oxygen atoms in total. The highest BCUT2D eigenvalue weighted by Crippen LogP contribution is 2.32. The fraction of sp³-hybridized carbons (Fsp3) is 0.917. The molecular formula is C12H23N3O. The number of hydrogen-bond acceptors (Lipinski definition) is 2. The van der Waals surface area contributed by atoms with Crippen LogP contribution in [0.1, 0.15) is 44.9 Å². The Hall–Kier alpha value is -0.770. The summed E-state index contributed by atoms with van der Waals surface area (Å²) < 4.78 is 0. The largest absolute Gasteiger partial charge is 0.335 e. The number of urea groups is 1. The lowest BCUT2D eigenvalue weighted by Crippen LogP contribution is -2.49.